The summed E-state index contributed by atoms with van der Waals surface area (Å²) in [5.74, 6) is -2.13. The zero-order valence-electron chi connectivity index (χ0n) is 19.7. The van der Waals surface area contributed by atoms with Crippen molar-refractivity contribution in [1.29, 1.82) is 0 Å². The van der Waals surface area contributed by atoms with Crippen molar-refractivity contribution in [3.63, 3.8) is 0 Å². The maximum atomic E-state index is 13.3. The molecule has 1 aliphatic heterocycles. The average Bonchev–Trinajstić information content (AvgIpc) is 2.83. The molecule has 2 atom stereocenters. The van der Waals surface area contributed by atoms with Crippen molar-refractivity contribution in [3.05, 3.63) is 58.4 Å². The average molecular weight is 506 g/mol. The number of halogens is 3. The van der Waals surface area contributed by atoms with Crippen LogP contribution in [0, 0.1) is 11.8 Å². The van der Waals surface area contributed by atoms with Gasteiger partial charge in [-0.3, -0.25) is 14.6 Å². The Bertz CT molecular complexity index is 1060. The number of nitrogens with zero attached hydrogens (tertiary/aromatic N) is 1. The number of aromatic nitrogens is 1. The molecular formula is C27H30ClF2NO4. The van der Waals surface area contributed by atoms with Crippen LogP contribution in [0.5, 0.6) is 5.75 Å². The summed E-state index contributed by atoms with van der Waals surface area (Å²) in [6.07, 6.45) is 4.12. The molecule has 0 bridgehead atoms. The summed E-state index contributed by atoms with van der Waals surface area (Å²) in [5.41, 5.74) is 1.10. The lowest BCUT2D eigenvalue weighted by molar-refractivity contribution is -0.129. The van der Waals surface area contributed by atoms with Crippen LogP contribution in [0.4, 0.5) is 8.78 Å². The fourth-order valence-corrected chi connectivity index (χ4v) is 5.19. The molecule has 8 heteroatoms. The van der Waals surface area contributed by atoms with Gasteiger partial charge in [-0.2, -0.15) is 0 Å². The van der Waals surface area contributed by atoms with Crippen LogP contribution in [0.3, 0.4) is 0 Å². The molecule has 2 aliphatic rings. The maximum Gasteiger partial charge on any atom is 0.272 e. The monoisotopic (exact) mass is 505 g/mol. The van der Waals surface area contributed by atoms with Crippen molar-refractivity contribution in [2.75, 3.05) is 0 Å². The molecule has 2 aromatic rings. The van der Waals surface area contributed by atoms with Crippen LogP contribution in [0.15, 0.2) is 36.5 Å². The van der Waals surface area contributed by atoms with Crippen LogP contribution in [0.25, 0.3) is 0 Å². The molecule has 1 aromatic carbocycles. The predicted octanol–water partition coefficient (Wildman–Crippen LogP) is 6.00. The van der Waals surface area contributed by atoms with Crippen LogP contribution in [0.1, 0.15) is 74.8 Å². The van der Waals surface area contributed by atoms with Crippen molar-refractivity contribution in [2.24, 2.45) is 11.8 Å². The number of carbonyl (C=O) groups excluding carboxylic acids is 2. The lowest BCUT2D eigenvalue weighted by Gasteiger charge is -2.31. The first kappa shape index (κ1) is 25.7. The zero-order chi connectivity index (χ0) is 25.2. The summed E-state index contributed by atoms with van der Waals surface area (Å²) >= 11 is 5.99. The second-order valence-corrected chi connectivity index (χ2v) is 10.3. The number of ketones is 2. The van der Waals surface area contributed by atoms with Gasteiger partial charge in [0.25, 0.3) is 5.92 Å². The number of rotatable bonds is 8. The first-order valence-corrected chi connectivity index (χ1v) is 12.5. The Kier molecular flexibility index (Phi) is 7.86. The van der Waals surface area contributed by atoms with E-state index in [9.17, 15) is 23.5 Å². The molecule has 1 saturated carbocycles. The lowest BCUT2D eigenvalue weighted by Crippen LogP contribution is -2.35. The standard InChI is InChI=1S/C27H30ClF2NO4/c1-27(29,30)18-6-8-20(31-15-18)9-10-22(32)17-4-2-16(3-5-17)12-24(34)26-14-23(33)21-13-19(28)7-11-25(21)35-26/h6-8,11,13,15-17,23,26,33H,2-5,9-10,12,14H2,1H3/t16?,17?,23-,26+/m0/s1. The normalized spacial score (nSPS) is 24.4. The van der Waals surface area contributed by atoms with Crippen LogP contribution in [0.2, 0.25) is 5.02 Å². The van der Waals surface area contributed by atoms with E-state index in [1.54, 1.807) is 24.3 Å². The number of fused-ring (bicyclic) bond motifs is 1. The third kappa shape index (κ3) is 6.44. The summed E-state index contributed by atoms with van der Waals surface area (Å²) in [7, 11) is 0. The highest BCUT2D eigenvalue weighted by atomic mass is 35.5. The first-order valence-electron chi connectivity index (χ1n) is 12.1. The highest BCUT2D eigenvalue weighted by molar-refractivity contribution is 6.30. The minimum Gasteiger partial charge on any atom is -0.482 e. The molecule has 1 fully saturated rings. The number of ether oxygens (including phenoxy) is 1. The first-order chi connectivity index (χ1) is 16.6. The molecule has 0 radical (unpaired) electrons. The molecule has 2 heterocycles. The topological polar surface area (TPSA) is 76.5 Å². The maximum absolute atomic E-state index is 13.3. The van der Waals surface area contributed by atoms with Gasteiger partial charge in [0.15, 0.2) is 11.9 Å². The quantitative estimate of drug-likeness (QED) is 0.476. The number of alkyl halides is 2. The number of carbonyl (C=O) groups is 2. The third-order valence-corrected chi connectivity index (χ3v) is 7.38. The van der Waals surface area contributed by atoms with E-state index in [4.69, 9.17) is 16.3 Å². The number of Topliss-reactive ketones (excluding diaryl/α,β-unsaturated/α-hetero) is 2. The molecule has 188 valence electrons. The van der Waals surface area contributed by atoms with Gasteiger partial charge in [0.1, 0.15) is 11.5 Å². The zero-order valence-corrected chi connectivity index (χ0v) is 20.4. The van der Waals surface area contributed by atoms with Crippen molar-refractivity contribution in [3.8, 4) is 5.75 Å². The predicted molar refractivity (Wildman–Crippen MR) is 128 cm³/mol. The van der Waals surface area contributed by atoms with Gasteiger partial charge < -0.3 is 9.84 Å². The van der Waals surface area contributed by atoms with Crippen LogP contribution >= 0.6 is 11.6 Å². The SMILES string of the molecule is CC(F)(F)c1ccc(CCC(=O)C2CCC(CC(=O)[C@H]3C[C@H](O)c4cc(Cl)ccc4O3)CC2)nc1. The second-order valence-electron chi connectivity index (χ2n) is 9.82. The van der Waals surface area contributed by atoms with Gasteiger partial charge in [-0.25, -0.2) is 8.78 Å². The molecular weight excluding hydrogens is 476 g/mol. The van der Waals surface area contributed by atoms with Crippen LogP contribution < -0.4 is 4.74 Å². The fraction of sp³-hybridized carbons (Fsp3) is 0.519. The molecule has 0 unspecified atom stereocenters. The van der Waals surface area contributed by atoms with Crippen molar-refractivity contribution in [1.82, 2.24) is 4.98 Å². The van der Waals surface area contributed by atoms with Crippen molar-refractivity contribution >= 4 is 23.2 Å². The molecule has 35 heavy (non-hydrogen) atoms. The van der Waals surface area contributed by atoms with Gasteiger partial charge >= 0.3 is 0 Å². The van der Waals surface area contributed by atoms with E-state index in [0.29, 0.717) is 41.3 Å². The van der Waals surface area contributed by atoms with Gasteiger partial charge in [-0.15, -0.1) is 0 Å². The Morgan fingerprint density at radius 3 is 2.54 bits per heavy atom. The highest BCUT2D eigenvalue weighted by Gasteiger charge is 2.34. The van der Waals surface area contributed by atoms with E-state index in [-0.39, 0.29) is 35.4 Å². The van der Waals surface area contributed by atoms with Gasteiger partial charge in [0, 0.05) is 60.1 Å². The van der Waals surface area contributed by atoms with Crippen LogP contribution in [-0.4, -0.2) is 27.8 Å². The number of hydrogen-bond acceptors (Lipinski definition) is 5. The molecule has 0 amide bonds. The number of hydrogen-bond donors (Lipinski definition) is 1. The van der Waals surface area contributed by atoms with Crippen molar-refractivity contribution in [2.45, 2.75) is 76.4 Å². The summed E-state index contributed by atoms with van der Waals surface area (Å²) < 4.78 is 32.5. The summed E-state index contributed by atoms with van der Waals surface area (Å²) in [6, 6.07) is 7.93. The number of aliphatic hydroxyl groups is 1. The van der Waals surface area contributed by atoms with E-state index in [2.05, 4.69) is 4.98 Å². The van der Waals surface area contributed by atoms with Gasteiger partial charge in [-0.1, -0.05) is 11.6 Å². The Morgan fingerprint density at radius 2 is 1.89 bits per heavy atom. The summed E-state index contributed by atoms with van der Waals surface area (Å²) in [5, 5.41) is 10.9. The summed E-state index contributed by atoms with van der Waals surface area (Å²) in [4.78, 5) is 29.6. The molecule has 1 aliphatic carbocycles. The fourth-order valence-electron chi connectivity index (χ4n) is 5.01. The van der Waals surface area contributed by atoms with Crippen molar-refractivity contribution < 1.29 is 28.2 Å². The minimum atomic E-state index is -2.93. The molecule has 5 nitrogen and oxygen atoms in total. The van der Waals surface area contributed by atoms with Gasteiger partial charge in [0.05, 0.1) is 6.10 Å². The highest BCUT2D eigenvalue weighted by Crippen LogP contribution is 2.38. The Hall–Kier alpha value is -2.38. The molecule has 4 rings (SSSR count). The number of aliphatic hydroxyl groups excluding tert-OH is 1. The Morgan fingerprint density at radius 1 is 1.14 bits per heavy atom. The van der Waals surface area contributed by atoms with E-state index in [0.717, 1.165) is 32.6 Å². The van der Waals surface area contributed by atoms with Crippen LogP contribution in [-0.2, 0) is 21.9 Å². The molecule has 0 spiro atoms. The summed E-state index contributed by atoms with van der Waals surface area (Å²) in [6.45, 7) is 0.831. The number of pyridine rings is 1. The second kappa shape index (κ2) is 10.7. The van der Waals surface area contributed by atoms with E-state index in [1.807, 2.05) is 0 Å². The van der Waals surface area contributed by atoms with Gasteiger partial charge in [0.2, 0.25) is 0 Å². The number of benzene rings is 1. The minimum absolute atomic E-state index is 0.0217. The Labute approximate surface area is 208 Å². The molecule has 1 N–H and O–H groups in total. The smallest absolute Gasteiger partial charge is 0.272 e. The Balaban J connectivity index is 1.22. The van der Waals surface area contributed by atoms with Gasteiger partial charge in [-0.05, 0) is 68.4 Å². The largest absolute Gasteiger partial charge is 0.482 e. The molecule has 1 aromatic heterocycles. The van der Waals surface area contributed by atoms with E-state index < -0.39 is 18.1 Å². The third-order valence-electron chi connectivity index (χ3n) is 7.15. The van der Waals surface area contributed by atoms with E-state index in [1.165, 1.54) is 12.3 Å². The molecule has 0 saturated heterocycles. The number of aryl methyl sites for hydroxylation is 1. The lowest BCUT2D eigenvalue weighted by atomic mass is 9.77. The van der Waals surface area contributed by atoms with E-state index >= 15 is 0 Å².